The molecular weight excluding hydrogens is 266 g/mol. The van der Waals surface area contributed by atoms with E-state index in [0.29, 0.717) is 12.3 Å². The average molecular weight is 285 g/mol. The van der Waals surface area contributed by atoms with Gasteiger partial charge in [0.2, 0.25) is 0 Å². The number of ether oxygens (including phenoxy) is 1. The molecule has 2 aromatic rings. The van der Waals surface area contributed by atoms with E-state index in [-0.39, 0.29) is 17.2 Å². The Kier molecular flexibility index (Phi) is 4.82. The van der Waals surface area contributed by atoms with E-state index < -0.39 is 5.97 Å². The van der Waals surface area contributed by atoms with E-state index in [9.17, 15) is 9.90 Å². The van der Waals surface area contributed by atoms with Crippen molar-refractivity contribution in [2.24, 2.45) is 5.92 Å². The van der Waals surface area contributed by atoms with Crippen molar-refractivity contribution in [3.63, 3.8) is 0 Å². The summed E-state index contributed by atoms with van der Waals surface area (Å²) < 4.78 is 5.24. The van der Waals surface area contributed by atoms with Crippen molar-refractivity contribution in [3.05, 3.63) is 59.7 Å². The van der Waals surface area contributed by atoms with E-state index in [1.54, 1.807) is 0 Å². The van der Waals surface area contributed by atoms with Crippen LogP contribution in [0.5, 0.6) is 5.75 Å². The summed E-state index contributed by atoms with van der Waals surface area (Å²) in [6.07, 6.45) is 0.830. The zero-order valence-corrected chi connectivity index (χ0v) is 12.0. The first-order valence-corrected chi connectivity index (χ1v) is 6.86. The third-order valence-corrected chi connectivity index (χ3v) is 3.17. The first-order valence-electron chi connectivity index (χ1n) is 6.86. The van der Waals surface area contributed by atoms with Crippen LogP contribution in [-0.4, -0.2) is 17.7 Å². The normalized spacial score (nSPS) is 11.9. The molecule has 110 valence electrons. The van der Waals surface area contributed by atoms with Crippen molar-refractivity contribution in [1.29, 1.82) is 0 Å². The van der Waals surface area contributed by atoms with Crippen molar-refractivity contribution in [1.82, 2.24) is 0 Å². The summed E-state index contributed by atoms with van der Waals surface area (Å²) in [6.45, 7) is 2.31. The number of rotatable bonds is 5. The van der Waals surface area contributed by atoms with Gasteiger partial charge in [-0.2, -0.15) is 0 Å². The molecule has 4 nitrogen and oxygen atoms in total. The highest BCUT2D eigenvalue weighted by Gasteiger charge is 2.14. The van der Waals surface area contributed by atoms with Crippen molar-refractivity contribution in [2.45, 2.75) is 13.3 Å². The Balaban J connectivity index is 1.90. The third-order valence-electron chi connectivity index (χ3n) is 3.17. The van der Waals surface area contributed by atoms with Gasteiger partial charge in [0.1, 0.15) is 11.3 Å². The highest BCUT2D eigenvalue weighted by Crippen LogP contribution is 2.21. The summed E-state index contributed by atoms with van der Waals surface area (Å²) in [4.78, 5) is 11.9. The number of phenols is 1. The van der Waals surface area contributed by atoms with Crippen LogP contribution < -0.4 is 5.73 Å². The van der Waals surface area contributed by atoms with Gasteiger partial charge >= 0.3 is 5.97 Å². The van der Waals surface area contributed by atoms with E-state index in [0.717, 1.165) is 6.42 Å². The monoisotopic (exact) mass is 285 g/mol. The standard InChI is InChI=1S/C17H19NO3/c1-12(9-13-5-3-2-4-6-13)11-21-17(20)15-10-14(18)7-8-16(15)19/h2-8,10,12,19H,9,11,18H2,1H3. The van der Waals surface area contributed by atoms with Crippen LogP contribution >= 0.6 is 0 Å². The molecule has 0 aliphatic rings. The molecule has 4 heteroatoms. The van der Waals surface area contributed by atoms with Gasteiger partial charge in [0.05, 0.1) is 6.61 Å². The molecule has 2 aromatic carbocycles. The first kappa shape index (κ1) is 14.9. The third kappa shape index (κ3) is 4.24. The van der Waals surface area contributed by atoms with Gasteiger partial charge in [0.15, 0.2) is 0 Å². The minimum absolute atomic E-state index is 0.0990. The van der Waals surface area contributed by atoms with Crippen LogP contribution in [0.1, 0.15) is 22.8 Å². The molecule has 0 amide bonds. The van der Waals surface area contributed by atoms with Crippen LogP contribution in [0.15, 0.2) is 48.5 Å². The number of nitrogens with two attached hydrogens (primary N) is 1. The number of benzene rings is 2. The van der Waals surface area contributed by atoms with Crippen LogP contribution in [0.2, 0.25) is 0 Å². The Morgan fingerprint density at radius 3 is 2.67 bits per heavy atom. The van der Waals surface area contributed by atoms with Crippen molar-refractivity contribution in [2.75, 3.05) is 12.3 Å². The van der Waals surface area contributed by atoms with Gasteiger partial charge in [-0.05, 0) is 36.1 Å². The Hall–Kier alpha value is -2.49. The molecule has 0 aromatic heterocycles. The fourth-order valence-electron chi connectivity index (χ4n) is 2.09. The van der Waals surface area contributed by atoms with Crippen molar-refractivity contribution in [3.8, 4) is 5.75 Å². The molecule has 0 radical (unpaired) electrons. The second-order valence-electron chi connectivity index (χ2n) is 5.17. The van der Waals surface area contributed by atoms with Crippen molar-refractivity contribution >= 4 is 11.7 Å². The number of carbonyl (C=O) groups excluding carboxylic acids is 1. The number of carbonyl (C=O) groups is 1. The number of anilines is 1. The number of nitrogen functional groups attached to an aromatic ring is 1. The maximum absolute atomic E-state index is 11.9. The van der Waals surface area contributed by atoms with E-state index in [4.69, 9.17) is 10.5 Å². The van der Waals surface area contributed by atoms with Crippen LogP contribution in [0.4, 0.5) is 5.69 Å². The maximum atomic E-state index is 11.9. The number of hydrogen-bond donors (Lipinski definition) is 2. The van der Waals surface area contributed by atoms with Crippen LogP contribution in [-0.2, 0) is 11.2 Å². The zero-order chi connectivity index (χ0) is 15.2. The average Bonchev–Trinajstić information content (AvgIpc) is 2.48. The lowest BCUT2D eigenvalue weighted by atomic mass is 10.0. The van der Waals surface area contributed by atoms with Gasteiger partial charge < -0.3 is 15.6 Å². The Morgan fingerprint density at radius 2 is 1.95 bits per heavy atom. The zero-order valence-electron chi connectivity index (χ0n) is 12.0. The fraction of sp³-hybridized carbons (Fsp3) is 0.235. The number of phenolic OH excluding ortho intramolecular Hbond substituents is 1. The number of esters is 1. The second-order valence-corrected chi connectivity index (χ2v) is 5.17. The molecule has 0 spiro atoms. The van der Waals surface area contributed by atoms with E-state index in [1.165, 1.54) is 23.8 Å². The molecule has 0 heterocycles. The molecule has 0 bridgehead atoms. The second kappa shape index (κ2) is 6.79. The predicted molar refractivity (Wildman–Crippen MR) is 82.1 cm³/mol. The molecular formula is C17H19NO3. The minimum atomic E-state index is -0.556. The lowest BCUT2D eigenvalue weighted by molar-refractivity contribution is 0.0446. The minimum Gasteiger partial charge on any atom is -0.507 e. The van der Waals surface area contributed by atoms with Gasteiger partial charge in [-0.1, -0.05) is 37.3 Å². The topological polar surface area (TPSA) is 72.5 Å². The molecule has 0 aliphatic carbocycles. The molecule has 0 saturated heterocycles. The Labute approximate surface area is 124 Å². The van der Waals surface area contributed by atoms with E-state index >= 15 is 0 Å². The molecule has 21 heavy (non-hydrogen) atoms. The predicted octanol–water partition coefficient (Wildman–Crippen LogP) is 3.01. The van der Waals surface area contributed by atoms with Gasteiger partial charge in [0, 0.05) is 5.69 Å². The highest BCUT2D eigenvalue weighted by molar-refractivity contribution is 5.93. The summed E-state index contributed by atoms with van der Waals surface area (Å²) in [5.41, 5.74) is 7.32. The molecule has 0 saturated carbocycles. The SMILES string of the molecule is CC(COC(=O)c1cc(N)ccc1O)Cc1ccccc1. The number of aromatic hydroxyl groups is 1. The van der Waals surface area contributed by atoms with Crippen molar-refractivity contribution < 1.29 is 14.6 Å². The van der Waals surface area contributed by atoms with Gasteiger partial charge in [-0.15, -0.1) is 0 Å². The summed E-state index contributed by atoms with van der Waals surface area (Å²) in [7, 11) is 0. The Bertz CT molecular complexity index is 611. The summed E-state index contributed by atoms with van der Waals surface area (Å²) in [5, 5.41) is 9.65. The molecule has 0 aliphatic heterocycles. The number of hydrogen-bond acceptors (Lipinski definition) is 4. The van der Waals surface area contributed by atoms with E-state index in [1.807, 2.05) is 37.3 Å². The van der Waals surface area contributed by atoms with Crippen LogP contribution in [0, 0.1) is 5.92 Å². The molecule has 0 fully saturated rings. The summed E-state index contributed by atoms with van der Waals surface area (Å²) in [6, 6.07) is 14.4. The largest absolute Gasteiger partial charge is 0.507 e. The lowest BCUT2D eigenvalue weighted by Crippen LogP contribution is -2.14. The molecule has 2 rings (SSSR count). The lowest BCUT2D eigenvalue weighted by Gasteiger charge is -2.13. The van der Waals surface area contributed by atoms with Gasteiger partial charge in [-0.25, -0.2) is 4.79 Å². The fourth-order valence-corrected chi connectivity index (χ4v) is 2.09. The smallest absolute Gasteiger partial charge is 0.341 e. The summed E-state index contributed by atoms with van der Waals surface area (Å²) in [5.74, 6) is -0.482. The van der Waals surface area contributed by atoms with Crippen LogP contribution in [0.25, 0.3) is 0 Å². The first-order chi connectivity index (χ1) is 10.1. The quantitative estimate of drug-likeness (QED) is 0.503. The van der Waals surface area contributed by atoms with E-state index in [2.05, 4.69) is 0 Å². The van der Waals surface area contributed by atoms with Crippen LogP contribution in [0.3, 0.4) is 0 Å². The molecule has 1 unspecified atom stereocenters. The molecule has 1 atom stereocenters. The van der Waals surface area contributed by atoms with Gasteiger partial charge in [0.25, 0.3) is 0 Å². The maximum Gasteiger partial charge on any atom is 0.341 e. The Morgan fingerprint density at radius 1 is 1.24 bits per heavy atom. The summed E-state index contributed by atoms with van der Waals surface area (Å²) >= 11 is 0. The van der Waals surface area contributed by atoms with Gasteiger partial charge in [-0.3, -0.25) is 0 Å². The highest BCUT2D eigenvalue weighted by atomic mass is 16.5. The molecule has 3 N–H and O–H groups in total.